The van der Waals surface area contributed by atoms with Crippen LogP contribution in [0.5, 0.6) is 0 Å². The smallest absolute Gasteiger partial charge is 0.258 e. The topological polar surface area (TPSA) is 49.4 Å². The number of aryl methyl sites for hydroxylation is 1. The maximum absolute atomic E-state index is 13.0. The molecule has 4 nitrogen and oxygen atoms in total. The molecule has 140 valence electrons. The van der Waals surface area contributed by atoms with E-state index in [1.54, 1.807) is 11.8 Å². The molecular weight excluding hydrogens is 356 g/mol. The predicted octanol–water partition coefficient (Wildman–Crippen LogP) is 4.42. The molecule has 27 heavy (non-hydrogen) atoms. The molecule has 1 aliphatic carbocycles. The molecule has 5 heteroatoms. The van der Waals surface area contributed by atoms with Crippen molar-refractivity contribution in [2.75, 3.05) is 17.2 Å². The minimum atomic E-state index is -0.0389. The van der Waals surface area contributed by atoms with E-state index in [9.17, 15) is 9.59 Å². The third kappa shape index (κ3) is 3.88. The zero-order chi connectivity index (χ0) is 18.8. The van der Waals surface area contributed by atoms with Gasteiger partial charge in [-0.1, -0.05) is 30.5 Å². The van der Waals surface area contributed by atoms with Crippen molar-refractivity contribution in [2.24, 2.45) is 0 Å². The van der Waals surface area contributed by atoms with E-state index >= 15 is 0 Å². The van der Waals surface area contributed by atoms with E-state index in [4.69, 9.17) is 0 Å². The highest BCUT2D eigenvalue weighted by Gasteiger charge is 2.26. The molecule has 1 N–H and O–H groups in total. The molecule has 0 spiro atoms. The highest BCUT2D eigenvalue weighted by Crippen LogP contribution is 2.36. The quantitative estimate of drug-likeness (QED) is 0.857. The molecule has 0 bridgehead atoms. The van der Waals surface area contributed by atoms with Gasteiger partial charge in [-0.3, -0.25) is 9.59 Å². The first-order chi connectivity index (χ1) is 13.1. The molecule has 2 amide bonds. The summed E-state index contributed by atoms with van der Waals surface area (Å²) in [6, 6.07) is 13.7. The molecule has 0 radical (unpaired) electrons. The number of fused-ring (bicyclic) bond motifs is 1. The van der Waals surface area contributed by atoms with Crippen molar-refractivity contribution in [2.45, 2.75) is 43.5 Å². The van der Waals surface area contributed by atoms with Gasteiger partial charge in [-0.25, -0.2) is 0 Å². The number of nitrogens with one attached hydrogen (secondary N) is 1. The molecule has 2 aromatic rings. The van der Waals surface area contributed by atoms with Gasteiger partial charge in [0.25, 0.3) is 11.8 Å². The predicted molar refractivity (Wildman–Crippen MR) is 110 cm³/mol. The van der Waals surface area contributed by atoms with Crippen molar-refractivity contribution >= 4 is 29.3 Å². The lowest BCUT2D eigenvalue weighted by molar-refractivity contribution is 0.0935. The molecule has 1 saturated carbocycles. The average molecular weight is 381 g/mol. The number of carbonyl (C=O) groups is 2. The summed E-state index contributed by atoms with van der Waals surface area (Å²) < 4.78 is 0. The summed E-state index contributed by atoms with van der Waals surface area (Å²) in [5.41, 5.74) is 3.28. The summed E-state index contributed by atoms with van der Waals surface area (Å²) in [5.74, 6) is 0.811. The van der Waals surface area contributed by atoms with Gasteiger partial charge in [-0.05, 0) is 50.1 Å². The Morgan fingerprint density at radius 2 is 1.74 bits per heavy atom. The Hall–Kier alpha value is -2.27. The normalized spacial score (nSPS) is 16.9. The van der Waals surface area contributed by atoms with E-state index in [1.165, 1.54) is 12.8 Å². The van der Waals surface area contributed by atoms with Crippen molar-refractivity contribution in [1.82, 2.24) is 5.32 Å². The Bertz CT molecular complexity index is 857. The van der Waals surface area contributed by atoms with Gasteiger partial charge in [0.2, 0.25) is 0 Å². The zero-order valence-corrected chi connectivity index (χ0v) is 16.3. The van der Waals surface area contributed by atoms with E-state index in [2.05, 4.69) is 5.32 Å². The van der Waals surface area contributed by atoms with Crippen LogP contribution in [0, 0.1) is 6.92 Å². The maximum atomic E-state index is 13.0. The average Bonchev–Trinajstić information content (AvgIpc) is 3.20. The van der Waals surface area contributed by atoms with Gasteiger partial charge in [-0.15, -0.1) is 11.8 Å². The van der Waals surface area contributed by atoms with Gasteiger partial charge < -0.3 is 10.2 Å². The third-order valence-corrected chi connectivity index (χ3v) is 6.36. The lowest BCUT2D eigenvalue weighted by atomic mass is 10.1. The number of carbonyl (C=O) groups excluding carboxylic acids is 2. The first-order valence-corrected chi connectivity index (χ1v) is 10.6. The van der Waals surface area contributed by atoms with Crippen LogP contribution in [-0.4, -0.2) is 30.2 Å². The summed E-state index contributed by atoms with van der Waals surface area (Å²) in [4.78, 5) is 28.6. The highest BCUT2D eigenvalue weighted by atomic mass is 32.2. The molecule has 2 aromatic carbocycles. The summed E-state index contributed by atoms with van der Waals surface area (Å²) in [6.45, 7) is 2.66. The molecule has 1 heterocycles. The van der Waals surface area contributed by atoms with Crippen LogP contribution < -0.4 is 10.2 Å². The van der Waals surface area contributed by atoms with E-state index < -0.39 is 0 Å². The van der Waals surface area contributed by atoms with Crippen LogP contribution in [0.4, 0.5) is 5.69 Å². The lowest BCUT2D eigenvalue weighted by Gasteiger charge is -2.29. The fourth-order valence-corrected chi connectivity index (χ4v) is 4.74. The van der Waals surface area contributed by atoms with E-state index in [1.807, 2.05) is 54.3 Å². The van der Waals surface area contributed by atoms with E-state index in [0.29, 0.717) is 17.7 Å². The summed E-state index contributed by atoms with van der Waals surface area (Å²) in [6.07, 6.45) is 4.49. The third-order valence-electron chi connectivity index (χ3n) is 5.32. The Kier molecular flexibility index (Phi) is 5.21. The molecule has 0 saturated heterocycles. The number of amides is 2. The molecular formula is C22H24N2O2S. The van der Waals surface area contributed by atoms with Crippen LogP contribution in [0.25, 0.3) is 0 Å². The number of nitrogens with zero attached hydrogens (tertiary/aromatic N) is 1. The molecule has 4 rings (SSSR count). The summed E-state index contributed by atoms with van der Waals surface area (Å²) in [5, 5.41) is 3.13. The van der Waals surface area contributed by atoms with Crippen molar-refractivity contribution < 1.29 is 9.59 Å². The Morgan fingerprint density at radius 3 is 2.48 bits per heavy atom. The van der Waals surface area contributed by atoms with Crippen molar-refractivity contribution in [3.8, 4) is 0 Å². The van der Waals surface area contributed by atoms with Crippen molar-refractivity contribution in [3.05, 3.63) is 59.2 Å². The van der Waals surface area contributed by atoms with Crippen LogP contribution in [-0.2, 0) is 0 Å². The number of benzene rings is 2. The van der Waals surface area contributed by atoms with Crippen LogP contribution in [0.15, 0.2) is 47.4 Å². The van der Waals surface area contributed by atoms with Crippen molar-refractivity contribution in [3.63, 3.8) is 0 Å². The van der Waals surface area contributed by atoms with E-state index in [0.717, 1.165) is 34.7 Å². The minimum absolute atomic E-state index is 0.00935. The van der Waals surface area contributed by atoms with Gasteiger partial charge in [0.1, 0.15) is 0 Å². The second-order valence-corrected chi connectivity index (χ2v) is 8.45. The fourth-order valence-electron chi connectivity index (χ4n) is 3.76. The first-order valence-electron chi connectivity index (χ1n) is 9.58. The number of hydrogen-bond donors (Lipinski definition) is 1. The molecule has 1 fully saturated rings. The fraction of sp³-hybridized carbons (Fsp3) is 0.364. The SMILES string of the molecule is Cc1ccc(C(=O)N2CCSc3ccc(C(=O)NC4CCCC4)cc32)cc1. The largest absolute Gasteiger partial charge is 0.349 e. The zero-order valence-electron chi connectivity index (χ0n) is 15.5. The molecule has 0 aromatic heterocycles. The Morgan fingerprint density at radius 1 is 1.04 bits per heavy atom. The molecule has 2 aliphatic rings. The molecule has 0 atom stereocenters. The molecule has 1 aliphatic heterocycles. The van der Waals surface area contributed by atoms with Gasteiger partial charge in [0.15, 0.2) is 0 Å². The van der Waals surface area contributed by atoms with Crippen LogP contribution in [0.1, 0.15) is 52.0 Å². The van der Waals surface area contributed by atoms with Gasteiger partial charge in [0, 0.05) is 34.4 Å². The van der Waals surface area contributed by atoms with Crippen LogP contribution in [0.3, 0.4) is 0 Å². The number of anilines is 1. The van der Waals surface area contributed by atoms with Crippen LogP contribution in [0.2, 0.25) is 0 Å². The Balaban J connectivity index is 1.59. The minimum Gasteiger partial charge on any atom is -0.349 e. The Labute approximate surface area is 164 Å². The lowest BCUT2D eigenvalue weighted by Crippen LogP contribution is -2.36. The number of hydrogen-bond acceptors (Lipinski definition) is 3. The molecule has 0 unspecified atom stereocenters. The monoisotopic (exact) mass is 380 g/mol. The number of rotatable bonds is 3. The summed E-state index contributed by atoms with van der Waals surface area (Å²) >= 11 is 1.74. The highest BCUT2D eigenvalue weighted by molar-refractivity contribution is 7.99. The summed E-state index contributed by atoms with van der Waals surface area (Å²) in [7, 11) is 0. The standard InChI is InChI=1S/C22H24N2O2S/c1-15-6-8-16(9-7-15)22(26)24-12-13-27-20-11-10-17(14-19(20)24)21(25)23-18-4-2-3-5-18/h6-11,14,18H,2-5,12-13H2,1H3,(H,23,25). The second-order valence-electron chi connectivity index (χ2n) is 7.31. The maximum Gasteiger partial charge on any atom is 0.258 e. The van der Waals surface area contributed by atoms with Crippen molar-refractivity contribution in [1.29, 1.82) is 0 Å². The van der Waals surface area contributed by atoms with E-state index in [-0.39, 0.29) is 17.9 Å². The second kappa shape index (κ2) is 7.77. The number of thioether (sulfide) groups is 1. The first kappa shape index (κ1) is 18.1. The van der Waals surface area contributed by atoms with Crippen LogP contribution >= 0.6 is 11.8 Å². The van der Waals surface area contributed by atoms with Gasteiger partial charge >= 0.3 is 0 Å². The van der Waals surface area contributed by atoms with Gasteiger partial charge in [0.05, 0.1) is 5.69 Å². The van der Waals surface area contributed by atoms with Gasteiger partial charge in [-0.2, -0.15) is 0 Å².